The van der Waals surface area contributed by atoms with Crippen molar-refractivity contribution in [2.75, 3.05) is 0 Å². The molecule has 0 amide bonds. The van der Waals surface area contributed by atoms with Gasteiger partial charge in [-0.25, -0.2) is 0 Å². The van der Waals surface area contributed by atoms with E-state index in [1.807, 2.05) is 48.5 Å². The second kappa shape index (κ2) is 8.28. The van der Waals surface area contributed by atoms with E-state index in [4.69, 9.17) is 11.6 Å². The van der Waals surface area contributed by atoms with Gasteiger partial charge in [-0.05, 0) is 35.2 Å². The predicted molar refractivity (Wildman–Crippen MR) is 92.7 cm³/mol. The molecule has 0 aliphatic rings. The second-order valence-corrected chi connectivity index (χ2v) is 5.15. The molecule has 0 fully saturated rings. The molecular formula is C20H19Cl. The third-order valence-corrected chi connectivity index (χ3v) is 3.43. The van der Waals surface area contributed by atoms with Crippen LogP contribution in [0.2, 0.25) is 5.02 Å². The first-order valence-electron chi connectivity index (χ1n) is 7.14. The van der Waals surface area contributed by atoms with Gasteiger partial charge in [-0.15, -0.1) is 0 Å². The maximum atomic E-state index is 5.86. The van der Waals surface area contributed by atoms with E-state index in [1.165, 1.54) is 16.7 Å². The van der Waals surface area contributed by atoms with Gasteiger partial charge in [-0.3, -0.25) is 0 Å². The van der Waals surface area contributed by atoms with E-state index in [0.717, 1.165) is 11.4 Å². The molecule has 0 bridgehead atoms. The average molecular weight is 295 g/mol. The topological polar surface area (TPSA) is 0 Å². The summed E-state index contributed by atoms with van der Waals surface area (Å²) >= 11 is 5.86. The SMILES string of the molecule is CCc1cccc(-c2ccc(Cl)cc2)c1.c1ccccc1. The molecule has 0 spiro atoms. The molecule has 0 heterocycles. The molecule has 1 heteroatoms. The number of halogens is 1. The minimum atomic E-state index is 0.783. The normalized spacial score (nSPS) is 9.62. The van der Waals surface area contributed by atoms with E-state index in [9.17, 15) is 0 Å². The monoisotopic (exact) mass is 294 g/mol. The molecule has 3 aromatic carbocycles. The van der Waals surface area contributed by atoms with Gasteiger partial charge in [0, 0.05) is 5.02 Å². The second-order valence-electron chi connectivity index (χ2n) is 4.72. The molecule has 0 radical (unpaired) electrons. The summed E-state index contributed by atoms with van der Waals surface area (Å²) in [4.78, 5) is 0. The summed E-state index contributed by atoms with van der Waals surface area (Å²) in [5, 5.41) is 0.783. The Morgan fingerprint density at radius 1 is 0.667 bits per heavy atom. The zero-order valence-corrected chi connectivity index (χ0v) is 12.9. The number of rotatable bonds is 2. The molecule has 0 N–H and O–H groups in total. The summed E-state index contributed by atoms with van der Waals surface area (Å²) in [6, 6.07) is 28.6. The minimum Gasteiger partial charge on any atom is -0.0843 e. The molecule has 106 valence electrons. The van der Waals surface area contributed by atoms with Crippen LogP contribution in [0.15, 0.2) is 84.9 Å². The van der Waals surface area contributed by atoms with Gasteiger partial charge in [-0.2, -0.15) is 0 Å². The Kier molecular flexibility index (Phi) is 6.05. The van der Waals surface area contributed by atoms with Crippen molar-refractivity contribution in [2.45, 2.75) is 13.3 Å². The smallest absolute Gasteiger partial charge is 0.0406 e. The summed E-state index contributed by atoms with van der Waals surface area (Å²) in [5.41, 5.74) is 3.84. The summed E-state index contributed by atoms with van der Waals surface area (Å²) < 4.78 is 0. The highest BCUT2D eigenvalue weighted by Gasteiger charge is 1.98. The first-order valence-corrected chi connectivity index (χ1v) is 7.52. The molecule has 0 nitrogen and oxygen atoms in total. The van der Waals surface area contributed by atoms with Crippen molar-refractivity contribution in [2.24, 2.45) is 0 Å². The maximum absolute atomic E-state index is 5.86. The lowest BCUT2D eigenvalue weighted by Crippen LogP contribution is -1.82. The van der Waals surface area contributed by atoms with E-state index in [-0.39, 0.29) is 0 Å². The van der Waals surface area contributed by atoms with Crippen LogP contribution in [0.5, 0.6) is 0 Å². The molecule has 0 saturated carbocycles. The number of benzene rings is 3. The van der Waals surface area contributed by atoms with Crippen molar-refractivity contribution in [3.8, 4) is 11.1 Å². The van der Waals surface area contributed by atoms with Gasteiger partial charge < -0.3 is 0 Å². The van der Waals surface area contributed by atoms with Gasteiger partial charge in [0.05, 0.1) is 0 Å². The molecular weight excluding hydrogens is 276 g/mol. The standard InChI is InChI=1S/C14H13Cl.C6H6/c1-2-11-4-3-5-13(10-11)12-6-8-14(15)9-7-12;1-2-4-6-5-3-1/h3-10H,2H2,1H3;1-6H. The van der Waals surface area contributed by atoms with Crippen LogP contribution < -0.4 is 0 Å². The van der Waals surface area contributed by atoms with Gasteiger partial charge in [-0.1, -0.05) is 91.3 Å². The van der Waals surface area contributed by atoms with Gasteiger partial charge in [0.25, 0.3) is 0 Å². The fourth-order valence-corrected chi connectivity index (χ4v) is 2.12. The molecule has 0 atom stereocenters. The molecule has 3 rings (SSSR count). The lowest BCUT2D eigenvalue weighted by Gasteiger charge is -2.03. The molecule has 3 aromatic rings. The van der Waals surface area contributed by atoms with Crippen LogP contribution >= 0.6 is 11.6 Å². The third kappa shape index (κ3) is 5.09. The van der Waals surface area contributed by atoms with Crippen molar-refractivity contribution in [3.63, 3.8) is 0 Å². The minimum absolute atomic E-state index is 0.783. The number of hydrogen-bond donors (Lipinski definition) is 0. The molecule has 0 aromatic heterocycles. The molecule has 0 aliphatic carbocycles. The van der Waals surface area contributed by atoms with Gasteiger partial charge in [0.2, 0.25) is 0 Å². The first-order chi connectivity index (χ1) is 10.3. The molecule has 21 heavy (non-hydrogen) atoms. The highest BCUT2D eigenvalue weighted by Crippen LogP contribution is 2.22. The summed E-state index contributed by atoms with van der Waals surface area (Å²) in [6.07, 6.45) is 1.07. The highest BCUT2D eigenvalue weighted by molar-refractivity contribution is 6.30. The van der Waals surface area contributed by atoms with Crippen molar-refractivity contribution in [1.82, 2.24) is 0 Å². The van der Waals surface area contributed by atoms with Crippen molar-refractivity contribution in [1.29, 1.82) is 0 Å². The zero-order chi connectivity index (χ0) is 14.9. The molecule has 0 saturated heterocycles. The van der Waals surface area contributed by atoms with E-state index in [1.54, 1.807) is 0 Å². The van der Waals surface area contributed by atoms with Gasteiger partial charge in [0.1, 0.15) is 0 Å². The quantitative estimate of drug-likeness (QED) is 0.523. The average Bonchev–Trinajstić information content (AvgIpc) is 2.58. The van der Waals surface area contributed by atoms with E-state index >= 15 is 0 Å². The van der Waals surface area contributed by atoms with Crippen molar-refractivity contribution in [3.05, 3.63) is 95.5 Å². The third-order valence-electron chi connectivity index (χ3n) is 3.18. The van der Waals surface area contributed by atoms with E-state index in [0.29, 0.717) is 0 Å². The van der Waals surface area contributed by atoms with Crippen LogP contribution in [0.25, 0.3) is 11.1 Å². The Labute approximate surface area is 132 Å². The maximum Gasteiger partial charge on any atom is 0.0406 e. The predicted octanol–water partition coefficient (Wildman–Crippen LogP) is 6.26. The fourth-order valence-electron chi connectivity index (χ4n) is 2.00. The summed E-state index contributed by atoms with van der Waals surface area (Å²) in [6.45, 7) is 2.17. The Morgan fingerprint density at radius 2 is 1.24 bits per heavy atom. The van der Waals surface area contributed by atoms with E-state index < -0.39 is 0 Å². The van der Waals surface area contributed by atoms with Gasteiger partial charge >= 0.3 is 0 Å². The lowest BCUT2D eigenvalue weighted by atomic mass is 10.0. The summed E-state index contributed by atoms with van der Waals surface area (Å²) in [5.74, 6) is 0. The Balaban J connectivity index is 0.000000225. The molecule has 0 aliphatic heterocycles. The van der Waals surface area contributed by atoms with Crippen LogP contribution in [0.4, 0.5) is 0 Å². The van der Waals surface area contributed by atoms with Crippen LogP contribution in [-0.2, 0) is 6.42 Å². The Morgan fingerprint density at radius 3 is 1.76 bits per heavy atom. The van der Waals surface area contributed by atoms with Crippen LogP contribution in [0.1, 0.15) is 12.5 Å². The lowest BCUT2D eigenvalue weighted by molar-refractivity contribution is 1.14. The van der Waals surface area contributed by atoms with Crippen LogP contribution in [-0.4, -0.2) is 0 Å². The Hall–Kier alpha value is -2.05. The fraction of sp³-hybridized carbons (Fsp3) is 0.100. The number of aryl methyl sites for hydroxylation is 1. The van der Waals surface area contributed by atoms with Crippen LogP contribution in [0, 0.1) is 0 Å². The van der Waals surface area contributed by atoms with E-state index in [2.05, 4.69) is 43.3 Å². The van der Waals surface area contributed by atoms with Crippen LogP contribution in [0.3, 0.4) is 0 Å². The highest BCUT2D eigenvalue weighted by atomic mass is 35.5. The molecule has 0 unspecified atom stereocenters. The van der Waals surface area contributed by atoms with Crippen molar-refractivity contribution >= 4 is 11.6 Å². The summed E-state index contributed by atoms with van der Waals surface area (Å²) in [7, 11) is 0. The first kappa shape index (κ1) is 15.3. The largest absolute Gasteiger partial charge is 0.0843 e. The van der Waals surface area contributed by atoms with Gasteiger partial charge in [0.15, 0.2) is 0 Å². The number of hydrogen-bond acceptors (Lipinski definition) is 0. The zero-order valence-electron chi connectivity index (χ0n) is 12.2. The van der Waals surface area contributed by atoms with Crippen molar-refractivity contribution < 1.29 is 0 Å². The Bertz CT molecular complexity index is 615.